The number of hydrogen-bond acceptors (Lipinski definition) is 1. The molecule has 0 bridgehead atoms. The molecule has 0 N–H and O–H groups in total. The van der Waals surface area contributed by atoms with Crippen molar-refractivity contribution in [2.75, 3.05) is 13.7 Å². The molecular formula is C19H36O. The Labute approximate surface area is 126 Å². The Morgan fingerprint density at radius 2 is 1.30 bits per heavy atom. The van der Waals surface area contributed by atoms with Crippen LogP contribution in [0.3, 0.4) is 0 Å². The van der Waals surface area contributed by atoms with Crippen LogP contribution >= 0.6 is 0 Å². The number of hydrogen-bond donors (Lipinski definition) is 0. The Kier molecular flexibility index (Phi) is 7.41. The van der Waals surface area contributed by atoms with Crippen LogP contribution < -0.4 is 0 Å². The molecule has 2 rings (SSSR count). The summed E-state index contributed by atoms with van der Waals surface area (Å²) in [4.78, 5) is 0. The van der Waals surface area contributed by atoms with Crippen molar-refractivity contribution in [3.05, 3.63) is 0 Å². The lowest BCUT2D eigenvalue weighted by molar-refractivity contribution is 0.0925. The van der Waals surface area contributed by atoms with Gasteiger partial charge in [0, 0.05) is 13.7 Å². The lowest BCUT2D eigenvalue weighted by Gasteiger charge is -2.37. The van der Waals surface area contributed by atoms with Gasteiger partial charge in [-0.15, -0.1) is 0 Å². The van der Waals surface area contributed by atoms with Crippen LogP contribution in [0.25, 0.3) is 0 Å². The molecule has 1 nitrogen and oxygen atoms in total. The van der Waals surface area contributed by atoms with E-state index >= 15 is 0 Å². The average Bonchev–Trinajstić information content (AvgIpc) is 2.49. The van der Waals surface area contributed by atoms with Crippen LogP contribution in [-0.2, 0) is 4.74 Å². The van der Waals surface area contributed by atoms with E-state index in [1.807, 2.05) is 7.11 Å². The van der Waals surface area contributed by atoms with Gasteiger partial charge in [-0.3, -0.25) is 0 Å². The zero-order chi connectivity index (χ0) is 14.2. The summed E-state index contributed by atoms with van der Waals surface area (Å²) >= 11 is 0. The number of rotatable bonds is 7. The molecule has 1 heteroatoms. The van der Waals surface area contributed by atoms with E-state index in [2.05, 4.69) is 6.92 Å². The SMILES string of the molecule is CCCCCC1CCC([C@H]2CC[C@H](COC)CC2)CC1. The fourth-order valence-electron chi connectivity index (χ4n) is 4.69. The first-order valence-corrected chi connectivity index (χ1v) is 9.32. The van der Waals surface area contributed by atoms with Crippen molar-refractivity contribution in [3.8, 4) is 0 Å². The zero-order valence-corrected chi connectivity index (χ0v) is 13.9. The maximum Gasteiger partial charge on any atom is 0.0490 e. The molecule has 0 atom stereocenters. The summed E-state index contributed by atoms with van der Waals surface area (Å²) in [5.74, 6) is 4.06. The highest BCUT2D eigenvalue weighted by molar-refractivity contribution is 4.82. The minimum absolute atomic E-state index is 0.863. The van der Waals surface area contributed by atoms with Crippen molar-refractivity contribution < 1.29 is 4.74 Å². The summed E-state index contributed by atoms with van der Waals surface area (Å²) < 4.78 is 5.32. The van der Waals surface area contributed by atoms with E-state index < -0.39 is 0 Å². The maximum absolute atomic E-state index is 5.32. The van der Waals surface area contributed by atoms with Crippen LogP contribution in [0.15, 0.2) is 0 Å². The quantitative estimate of drug-likeness (QED) is 0.533. The van der Waals surface area contributed by atoms with Gasteiger partial charge in [-0.05, 0) is 62.2 Å². The van der Waals surface area contributed by atoms with E-state index in [0.29, 0.717) is 0 Å². The predicted molar refractivity (Wildman–Crippen MR) is 86.9 cm³/mol. The molecule has 0 amide bonds. The summed E-state index contributed by atoms with van der Waals surface area (Å²) in [5, 5.41) is 0. The van der Waals surface area contributed by atoms with E-state index in [4.69, 9.17) is 4.74 Å². The minimum Gasteiger partial charge on any atom is -0.384 e. The normalized spacial score (nSPS) is 35.1. The smallest absolute Gasteiger partial charge is 0.0490 e. The standard InChI is InChI=1S/C19H36O/c1-3-4-5-6-16-7-11-18(12-8-16)19-13-9-17(10-14-19)15-20-2/h16-19H,3-15H2,1-2H3/t16?,17-,18?,19-. The van der Waals surface area contributed by atoms with Gasteiger partial charge in [-0.1, -0.05) is 45.4 Å². The second kappa shape index (κ2) is 9.07. The van der Waals surface area contributed by atoms with Gasteiger partial charge in [0.15, 0.2) is 0 Å². The van der Waals surface area contributed by atoms with Crippen LogP contribution in [0.2, 0.25) is 0 Å². The monoisotopic (exact) mass is 280 g/mol. The van der Waals surface area contributed by atoms with Gasteiger partial charge < -0.3 is 4.74 Å². The number of unbranched alkanes of at least 4 members (excludes halogenated alkanes) is 2. The lowest BCUT2D eigenvalue weighted by atomic mass is 9.69. The molecule has 0 unspecified atom stereocenters. The highest BCUT2D eigenvalue weighted by atomic mass is 16.5. The Bertz CT molecular complexity index is 234. The molecule has 0 heterocycles. The molecule has 0 aliphatic heterocycles. The van der Waals surface area contributed by atoms with Crippen LogP contribution in [0.4, 0.5) is 0 Å². The number of methoxy groups -OCH3 is 1. The molecule has 0 saturated heterocycles. The van der Waals surface area contributed by atoms with Gasteiger partial charge in [0.1, 0.15) is 0 Å². The first kappa shape index (κ1) is 16.3. The molecule has 0 aromatic heterocycles. The Morgan fingerprint density at radius 1 is 0.750 bits per heavy atom. The van der Waals surface area contributed by atoms with Crippen molar-refractivity contribution in [3.63, 3.8) is 0 Å². The first-order valence-electron chi connectivity index (χ1n) is 9.32. The molecule has 0 radical (unpaired) electrons. The van der Waals surface area contributed by atoms with Crippen LogP contribution in [0, 0.1) is 23.7 Å². The molecule has 2 fully saturated rings. The van der Waals surface area contributed by atoms with Crippen molar-refractivity contribution in [2.45, 2.75) is 84.0 Å². The predicted octanol–water partition coefficient (Wildman–Crippen LogP) is 5.83. The van der Waals surface area contributed by atoms with Gasteiger partial charge >= 0.3 is 0 Å². The maximum atomic E-state index is 5.32. The largest absolute Gasteiger partial charge is 0.384 e. The Balaban J connectivity index is 1.62. The second-order valence-electron chi connectivity index (χ2n) is 7.51. The van der Waals surface area contributed by atoms with Crippen LogP contribution in [-0.4, -0.2) is 13.7 Å². The lowest BCUT2D eigenvalue weighted by Crippen LogP contribution is -2.27. The van der Waals surface area contributed by atoms with Crippen molar-refractivity contribution in [1.29, 1.82) is 0 Å². The topological polar surface area (TPSA) is 9.23 Å². The number of ether oxygens (including phenoxy) is 1. The first-order chi connectivity index (χ1) is 9.83. The minimum atomic E-state index is 0.863. The molecule has 0 spiro atoms. The molecule has 2 aliphatic carbocycles. The molecule has 0 aromatic carbocycles. The summed E-state index contributed by atoms with van der Waals surface area (Å²) in [6.07, 6.45) is 17.8. The fraction of sp³-hybridized carbons (Fsp3) is 1.00. The third-order valence-electron chi connectivity index (χ3n) is 6.07. The van der Waals surface area contributed by atoms with E-state index in [-0.39, 0.29) is 0 Å². The van der Waals surface area contributed by atoms with Crippen molar-refractivity contribution >= 4 is 0 Å². The second-order valence-corrected chi connectivity index (χ2v) is 7.51. The van der Waals surface area contributed by atoms with Gasteiger partial charge in [0.25, 0.3) is 0 Å². The summed E-state index contributed by atoms with van der Waals surface area (Å²) in [6.45, 7) is 3.31. The van der Waals surface area contributed by atoms with Gasteiger partial charge in [-0.2, -0.15) is 0 Å². The Morgan fingerprint density at radius 3 is 1.80 bits per heavy atom. The molecule has 0 aromatic rings. The van der Waals surface area contributed by atoms with Gasteiger partial charge in [0.2, 0.25) is 0 Å². The third kappa shape index (κ3) is 5.06. The van der Waals surface area contributed by atoms with Crippen LogP contribution in [0.1, 0.15) is 84.0 Å². The highest BCUT2D eigenvalue weighted by Gasteiger charge is 2.30. The van der Waals surface area contributed by atoms with E-state index in [0.717, 1.165) is 30.3 Å². The molecule has 20 heavy (non-hydrogen) atoms. The van der Waals surface area contributed by atoms with Crippen molar-refractivity contribution in [2.24, 2.45) is 23.7 Å². The van der Waals surface area contributed by atoms with E-state index in [1.165, 1.54) is 77.0 Å². The highest BCUT2D eigenvalue weighted by Crippen LogP contribution is 2.42. The van der Waals surface area contributed by atoms with Gasteiger partial charge in [0.05, 0.1) is 0 Å². The van der Waals surface area contributed by atoms with Crippen LogP contribution in [0.5, 0.6) is 0 Å². The molecule has 118 valence electrons. The molecule has 2 aliphatic rings. The average molecular weight is 280 g/mol. The summed E-state index contributed by atoms with van der Waals surface area (Å²) in [7, 11) is 1.85. The van der Waals surface area contributed by atoms with E-state index in [1.54, 1.807) is 0 Å². The zero-order valence-electron chi connectivity index (χ0n) is 13.9. The van der Waals surface area contributed by atoms with Gasteiger partial charge in [-0.25, -0.2) is 0 Å². The molecule has 2 saturated carbocycles. The molecular weight excluding hydrogens is 244 g/mol. The Hall–Kier alpha value is -0.0400. The third-order valence-corrected chi connectivity index (χ3v) is 6.07. The fourth-order valence-corrected chi connectivity index (χ4v) is 4.69. The summed E-state index contributed by atoms with van der Waals surface area (Å²) in [6, 6.07) is 0. The summed E-state index contributed by atoms with van der Waals surface area (Å²) in [5.41, 5.74) is 0. The van der Waals surface area contributed by atoms with E-state index in [9.17, 15) is 0 Å². The van der Waals surface area contributed by atoms with Crippen molar-refractivity contribution in [1.82, 2.24) is 0 Å².